The van der Waals surface area contributed by atoms with E-state index in [1.807, 2.05) is 56.6 Å². The molecule has 4 heteroatoms. The maximum atomic E-state index is 13.3. The molecule has 1 amide bonds. The number of hydrogen-bond acceptors (Lipinski definition) is 3. The number of anilines is 2. The van der Waals surface area contributed by atoms with E-state index >= 15 is 0 Å². The van der Waals surface area contributed by atoms with Crippen molar-refractivity contribution in [1.82, 2.24) is 5.32 Å². The van der Waals surface area contributed by atoms with Crippen molar-refractivity contribution in [1.29, 1.82) is 0 Å². The monoisotopic (exact) mass is 435 g/mol. The van der Waals surface area contributed by atoms with E-state index in [0.29, 0.717) is 6.54 Å². The van der Waals surface area contributed by atoms with Crippen LogP contribution in [-0.4, -0.2) is 33.1 Å². The number of amides is 1. The number of hydrogen-bond donors (Lipinski definition) is 1. The Labute approximate surface area is 195 Å². The zero-order chi connectivity index (χ0) is 22.8. The molecule has 5 rings (SSSR count). The van der Waals surface area contributed by atoms with Crippen LogP contribution in [0.5, 0.6) is 0 Å². The molecule has 166 valence electrons. The summed E-state index contributed by atoms with van der Waals surface area (Å²) >= 11 is 0. The first kappa shape index (κ1) is 21.1. The number of carbonyl (C=O) groups excluding carboxylic acids is 1. The van der Waals surface area contributed by atoms with Gasteiger partial charge in [-0.1, -0.05) is 66.7 Å². The van der Waals surface area contributed by atoms with Crippen molar-refractivity contribution < 1.29 is 4.79 Å². The van der Waals surface area contributed by atoms with E-state index in [0.717, 1.165) is 29.3 Å². The van der Waals surface area contributed by atoms with E-state index in [2.05, 4.69) is 63.6 Å². The van der Waals surface area contributed by atoms with E-state index in [1.165, 1.54) is 22.5 Å². The van der Waals surface area contributed by atoms with Crippen LogP contribution in [-0.2, 0) is 6.42 Å². The number of fused-ring (bicyclic) bond motifs is 2. The number of rotatable bonds is 6. The van der Waals surface area contributed by atoms with Gasteiger partial charge in [0.1, 0.15) is 0 Å². The third kappa shape index (κ3) is 4.17. The van der Waals surface area contributed by atoms with E-state index in [-0.39, 0.29) is 11.9 Å². The molecule has 0 bridgehead atoms. The first-order valence-electron chi connectivity index (χ1n) is 11.5. The van der Waals surface area contributed by atoms with Gasteiger partial charge >= 0.3 is 0 Å². The molecule has 1 N–H and O–H groups in total. The standard InChI is InChI=1S/C29H29N3O/c1-31(2)24-16-14-23(15-17-24)28(32-19-18-22-9-4-6-13-27(22)32)20-30-29(33)26-12-7-10-21-8-3-5-11-25(21)26/h3-17,28H,18-20H2,1-2H3,(H,30,33). The van der Waals surface area contributed by atoms with Crippen molar-refractivity contribution >= 4 is 28.1 Å². The van der Waals surface area contributed by atoms with E-state index in [9.17, 15) is 4.79 Å². The summed E-state index contributed by atoms with van der Waals surface area (Å²) in [6.45, 7) is 1.49. The van der Waals surface area contributed by atoms with E-state index in [4.69, 9.17) is 0 Å². The van der Waals surface area contributed by atoms with Crippen molar-refractivity contribution in [2.45, 2.75) is 12.5 Å². The fourth-order valence-electron chi connectivity index (χ4n) is 4.80. The van der Waals surface area contributed by atoms with Crippen LogP contribution in [0.3, 0.4) is 0 Å². The van der Waals surface area contributed by atoms with Gasteiger partial charge in [-0.25, -0.2) is 0 Å². The smallest absolute Gasteiger partial charge is 0.251 e. The van der Waals surface area contributed by atoms with Crippen molar-refractivity contribution in [2.24, 2.45) is 0 Å². The molecule has 0 spiro atoms. The zero-order valence-corrected chi connectivity index (χ0v) is 19.2. The summed E-state index contributed by atoms with van der Waals surface area (Å²) in [5.74, 6) is -0.0332. The Balaban J connectivity index is 1.44. The van der Waals surface area contributed by atoms with Crippen LogP contribution in [0.15, 0.2) is 91.0 Å². The first-order valence-corrected chi connectivity index (χ1v) is 11.5. The average Bonchev–Trinajstić information content (AvgIpc) is 3.28. The van der Waals surface area contributed by atoms with Gasteiger partial charge in [-0.15, -0.1) is 0 Å². The molecule has 0 saturated carbocycles. The van der Waals surface area contributed by atoms with Gasteiger partial charge in [0, 0.05) is 44.1 Å². The number of carbonyl (C=O) groups is 1. The summed E-state index contributed by atoms with van der Waals surface area (Å²) in [6.07, 6.45) is 1.03. The second kappa shape index (κ2) is 8.99. The van der Waals surface area contributed by atoms with Crippen LogP contribution in [0.1, 0.15) is 27.5 Å². The predicted octanol–water partition coefficient (Wildman–Crippen LogP) is 5.44. The quantitative estimate of drug-likeness (QED) is 0.438. The van der Waals surface area contributed by atoms with Crippen molar-refractivity contribution in [2.75, 3.05) is 37.0 Å². The Kier molecular flexibility index (Phi) is 5.74. The second-order valence-corrected chi connectivity index (χ2v) is 8.81. The summed E-state index contributed by atoms with van der Waals surface area (Å²) in [5.41, 5.74) is 5.72. The van der Waals surface area contributed by atoms with Gasteiger partial charge in [0.15, 0.2) is 0 Å². The van der Waals surface area contributed by atoms with Crippen LogP contribution in [0, 0.1) is 0 Å². The molecule has 0 fully saturated rings. The highest BCUT2D eigenvalue weighted by molar-refractivity contribution is 6.07. The Morgan fingerprint density at radius 3 is 2.45 bits per heavy atom. The van der Waals surface area contributed by atoms with Gasteiger partial charge in [-0.05, 0) is 52.6 Å². The van der Waals surface area contributed by atoms with Gasteiger partial charge < -0.3 is 15.1 Å². The van der Waals surface area contributed by atoms with Crippen LogP contribution >= 0.6 is 0 Å². The molecule has 4 aromatic rings. The zero-order valence-electron chi connectivity index (χ0n) is 19.2. The Morgan fingerprint density at radius 1 is 0.909 bits per heavy atom. The third-order valence-electron chi connectivity index (χ3n) is 6.58. The fourth-order valence-corrected chi connectivity index (χ4v) is 4.80. The Morgan fingerprint density at radius 2 is 1.64 bits per heavy atom. The van der Waals surface area contributed by atoms with E-state index in [1.54, 1.807) is 0 Å². The molecule has 1 unspecified atom stereocenters. The van der Waals surface area contributed by atoms with Gasteiger partial charge in [0.2, 0.25) is 0 Å². The highest BCUT2D eigenvalue weighted by Gasteiger charge is 2.27. The minimum absolute atomic E-state index is 0.0332. The number of nitrogens with one attached hydrogen (secondary N) is 1. The molecular formula is C29H29N3O. The molecule has 4 aromatic carbocycles. The lowest BCUT2D eigenvalue weighted by atomic mass is 10.0. The summed E-state index contributed by atoms with van der Waals surface area (Å²) in [6, 6.07) is 31.3. The van der Waals surface area contributed by atoms with Gasteiger partial charge in [0.25, 0.3) is 5.91 Å². The summed E-state index contributed by atoms with van der Waals surface area (Å²) in [5, 5.41) is 5.30. The maximum Gasteiger partial charge on any atom is 0.251 e. The van der Waals surface area contributed by atoms with Gasteiger partial charge in [0.05, 0.1) is 6.04 Å². The molecule has 4 nitrogen and oxygen atoms in total. The Bertz CT molecular complexity index is 1270. The third-order valence-corrected chi connectivity index (χ3v) is 6.58. The lowest BCUT2D eigenvalue weighted by Crippen LogP contribution is -2.37. The summed E-state index contributed by atoms with van der Waals surface area (Å²) in [7, 11) is 4.10. The van der Waals surface area contributed by atoms with Crippen LogP contribution in [0.25, 0.3) is 10.8 Å². The lowest BCUT2D eigenvalue weighted by molar-refractivity contribution is 0.0952. The maximum absolute atomic E-state index is 13.3. The summed E-state index contributed by atoms with van der Waals surface area (Å²) < 4.78 is 0. The SMILES string of the molecule is CN(C)c1ccc(C(CNC(=O)c2cccc3ccccc23)N2CCc3ccccc32)cc1. The molecule has 33 heavy (non-hydrogen) atoms. The molecule has 1 aliphatic heterocycles. The Hall–Kier alpha value is -3.79. The lowest BCUT2D eigenvalue weighted by Gasteiger charge is -2.31. The molecule has 1 atom stereocenters. The number of nitrogens with zero attached hydrogens (tertiary/aromatic N) is 2. The highest BCUT2D eigenvalue weighted by atomic mass is 16.1. The minimum atomic E-state index is -0.0332. The first-order chi connectivity index (χ1) is 16.1. The molecule has 0 aromatic heterocycles. The number of para-hydroxylation sites is 1. The highest BCUT2D eigenvalue weighted by Crippen LogP contribution is 2.35. The summed E-state index contributed by atoms with van der Waals surface area (Å²) in [4.78, 5) is 17.8. The van der Waals surface area contributed by atoms with Crippen molar-refractivity contribution in [3.05, 3.63) is 108 Å². The van der Waals surface area contributed by atoms with Gasteiger partial charge in [-0.3, -0.25) is 4.79 Å². The average molecular weight is 436 g/mol. The van der Waals surface area contributed by atoms with E-state index < -0.39 is 0 Å². The van der Waals surface area contributed by atoms with Gasteiger partial charge in [-0.2, -0.15) is 0 Å². The predicted molar refractivity (Wildman–Crippen MR) is 137 cm³/mol. The normalized spacial score (nSPS) is 13.6. The van der Waals surface area contributed by atoms with Crippen LogP contribution < -0.4 is 15.1 Å². The molecule has 0 aliphatic carbocycles. The molecular weight excluding hydrogens is 406 g/mol. The van der Waals surface area contributed by atoms with Crippen molar-refractivity contribution in [3.63, 3.8) is 0 Å². The van der Waals surface area contributed by atoms with Crippen molar-refractivity contribution in [3.8, 4) is 0 Å². The molecule has 1 aliphatic rings. The minimum Gasteiger partial charge on any atom is -0.378 e. The largest absolute Gasteiger partial charge is 0.378 e. The molecule has 1 heterocycles. The van der Waals surface area contributed by atoms with Crippen LogP contribution in [0.2, 0.25) is 0 Å². The van der Waals surface area contributed by atoms with Crippen LogP contribution in [0.4, 0.5) is 11.4 Å². The molecule has 0 saturated heterocycles. The molecule has 0 radical (unpaired) electrons. The topological polar surface area (TPSA) is 35.6 Å². The number of benzene rings is 4. The fraction of sp³-hybridized carbons (Fsp3) is 0.207. The second-order valence-electron chi connectivity index (χ2n) is 8.81.